The Labute approximate surface area is 103 Å². The van der Waals surface area contributed by atoms with Gasteiger partial charge < -0.3 is 9.42 Å². The summed E-state index contributed by atoms with van der Waals surface area (Å²) in [5.74, 6) is 1.23. The van der Waals surface area contributed by atoms with Gasteiger partial charge in [-0.15, -0.1) is 0 Å². The first-order valence-electron chi connectivity index (χ1n) is 5.44. The molecule has 1 aromatic heterocycles. The van der Waals surface area contributed by atoms with Gasteiger partial charge in [0, 0.05) is 17.9 Å². The van der Waals surface area contributed by atoms with Gasteiger partial charge in [-0.05, 0) is 19.3 Å². The van der Waals surface area contributed by atoms with Crippen molar-refractivity contribution < 1.29 is 9.32 Å². The van der Waals surface area contributed by atoms with Gasteiger partial charge in [-0.3, -0.25) is 4.79 Å². The first kappa shape index (κ1) is 11.6. The Bertz CT molecular complexity index is 391. The molecule has 0 saturated carbocycles. The molecule has 0 radical (unpaired) electrons. The summed E-state index contributed by atoms with van der Waals surface area (Å²) in [4.78, 5) is 14.4. The second kappa shape index (κ2) is 4.57. The minimum Gasteiger partial charge on any atom is -0.361 e. The van der Waals surface area contributed by atoms with Gasteiger partial charge in [-0.25, -0.2) is 0 Å². The zero-order valence-corrected chi connectivity index (χ0v) is 11.0. The molecule has 1 fully saturated rings. The third-order valence-electron chi connectivity index (χ3n) is 3.13. The molecule has 0 bridgehead atoms. The molecule has 0 aromatic carbocycles. The molecule has 1 aliphatic heterocycles. The average molecular weight is 287 g/mol. The zero-order valence-electron chi connectivity index (χ0n) is 9.44. The number of aromatic nitrogens is 1. The highest BCUT2D eigenvalue weighted by molar-refractivity contribution is 9.09. The Hall–Kier alpha value is -0.840. The molecule has 2 atom stereocenters. The van der Waals surface area contributed by atoms with Crippen LogP contribution in [0, 0.1) is 12.8 Å². The van der Waals surface area contributed by atoms with E-state index in [-0.39, 0.29) is 5.91 Å². The van der Waals surface area contributed by atoms with E-state index in [1.165, 1.54) is 6.20 Å². The quantitative estimate of drug-likeness (QED) is 0.744. The van der Waals surface area contributed by atoms with Gasteiger partial charge in [0.2, 0.25) is 0 Å². The van der Waals surface area contributed by atoms with Crippen LogP contribution in [0.15, 0.2) is 10.7 Å². The predicted molar refractivity (Wildman–Crippen MR) is 63.6 cm³/mol. The van der Waals surface area contributed by atoms with Crippen molar-refractivity contribution in [2.75, 3.05) is 13.1 Å². The normalized spacial score (nSPS) is 25.8. The van der Waals surface area contributed by atoms with E-state index in [2.05, 4.69) is 28.0 Å². The van der Waals surface area contributed by atoms with E-state index >= 15 is 0 Å². The number of carbonyl (C=O) groups is 1. The molecule has 4 nitrogen and oxygen atoms in total. The van der Waals surface area contributed by atoms with Gasteiger partial charge in [-0.1, -0.05) is 28.0 Å². The van der Waals surface area contributed by atoms with Crippen LogP contribution in [-0.4, -0.2) is 33.9 Å². The second-order valence-corrected chi connectivity index (χ2v) is 5.50. The molecular weight excluding hydrogens is 272 g/mol. The van der Waals surface area contributed by atoms with Crippen molar-refractivity contribution in [3.05, 3.63) is 17.5 Å². The minimum atomic E-state index is 0.0232. The standard InChI is InChI=1S/C11H15BrN2O2/c1-7-3-4-14(6-10(7)12)11(15)9-5-13-16-8(9)2/h5,7,10H,3-4,6H2,1-2H3. The molecule has 0 N–H and O–H groups in total. The molecule has 0 spiro atoms. The number of halogens is 1. The molecule has 2 rings (SSSR count). The SMILES string of the molecule is Cc1oncc1C(=O)N1CCC(C)C(Br)C1. The molecule has 5 heteroatoms. The summed E-state index contributed by atoms with van der Waals surface area (Å²) >= 11 is 3.61. The van der Waals surface area contributed by atoms with Crippen LogP contribution in [-0.2, 0) is 0 Å². The third-order valence-corrected chi connectivity index (χ3v) is 4.33. The van der Waals surface area contributed by atoms with Crippen LogP contribution < -0.4 is 0 Å². The fourth-order valence-corrected chi connectivity index (χ4v) is 2.49. The van der Waals surface area contributed by atoms with Gasteiger partial charge in [-0.2, -0.15) is 0 Å². The number of amides is 1. The van der Waals surface area contributed by atoms with E-state index in [0.29, 0.717) is 22.1 Å². The summed E-state index contributed by atoms with van der Waals surface area (Å²) in [5.41, 5.74) is 0.578. The van der Waals surface area contributed by atoms with Crippen LogP contribution in [0.5, 0.6) is 0 Å². The average Bonchev–Trinajstić information content (AvgIpc) is 2.67. The van der Waals surface area contributed by atoms with Crippen LogP contribution >= 0.6 is 15.9 Å². The molecule has 2 heterocycles. The van der Waals surface area contributed by atoms with Gasteiger partial charge in [0.25, 0.3) is 5.91 Å². The fraction of sp³-hybridized carbons (Fsp3) is 0.636. The summed E-state index contributed by atoms with van der Waals surface area (Å²) in [7, 11) is 0. The van der Waals surface area contributed by atoms with Crippen molar-refractivity contribution in [3.8, 4) is 0 Å². The Morgan fingerprint density at radius 2 is 2.44 bits per heavy atom. The van der Waals surface area contributed by atoms with E-state index < -0.39 is 0 Å². The maximum absolute atomic E-state index is 12.1. The summed E-state index contributed by atoms with van der Waals surface area (Å²) < 4.78 is 4.92. The lowest BCUT2D eigenvalue weighted by atomic mass is 9.98. The first-order chi connectivity index (χ1) is 7.59. The lowest BCUT2D eigenvalue weighted by Gasteiger charge is -2.34. The molecule has 1 aliphatic rings. The van der Waals surface area contributed by atoms with Gasteiger partial charge in [0.15, 0.2) is 0 Å². The number of carbonyl (C=O) groups excluding carboxylic acids is 1. The second-order valence-electron chi connectivity index (χ2n) is 4.33. The summed E-state index contributed by atoms with van der Waals surface area (Å²) in [6.45, 7) is 5.53. The van der Waals surface area contributed by atoms with Gasteiger partial charge >= 0.3 is 0 Å². The van der Waals surface area contributed by atoms with Crippen molar-refractivity contribution in [1.82, 2.24) is 10.1 Å². The van der Waals surface area contributed by atoms with Gasteiger partial charge in [0.05, 0.1) is 6.20 Å². The Balaban J connectivity index is 2.09. The summed E-state index contributed by atoms with van der Waals surface area (Å²) in [5, 5.41) is 3.64. The predicted octanol–water partition coefficient (Wildman–Crippen LogP) is 2.23. The van der Waals surface area contributed by atoms with Crippen molar-refractivity contribution in [2.24, 2.45) is 5.92 Å². The third kappa shape index (κ3) is 2.14. The van der Waals surface area contributed by atoms with Crippen molar-refractivity contribution >= 4 is 21.8 Å². The maximum Gasteiger partial charge on any atom is 0.259 e. The Morgan fingerprint density at radius 1 is 1.69 bits per heavy atom. The van der Waals surface area contributed by atoms with Crippen molar-refractivity contribution in [1.29, 1.82) is 0 Å². The lowest BCUT2D eigenvalue weighted by molar-refractivity contribution is 0.0704. The van der Waals surface area contributed by atoms with E-state index in [4.69, 9.17) is 4.52 Å². The molecule has 0 aliphatic carbocycles. The number of alkyl halides is 1. The lowest BCUT2D eigenvalue weighted by Crippen LogP contribution is -2.43. The number of hydrogen-bond donors (Lipinski definition) is 0. The monoisotopic (exact) mass is 286 g/mol. The van der Waals surface area contributed by atoms with Crippen LogP contribution in [0.2, 0.25) is 0 Å². The van der Waals surface area contributed by atoms with Gasteiger partial charge in [0.1, 0.15) is 11.3 Å². The molecule has 88 valence electrons. The fourth-order valence-electron chi connectivity index (χ4n) is 1.88. The highest BCUT2D eigenvalue weighted by Gasteiger charge is 2.29. The number of piperidine rings is 1. The smallest absolute Gasteiger partial charge is 0.259 e. The summed E-state index contributed by atoms with van der Waals surface area (Å²) in [6.07, 6.45) is 2.53. The zero-order chi connectivity index (χ0) is 11.7. The number of aryl methyl sites for hydroxylation is 1. The van der Waals surface area contributed by atoms with Crippen LogP contribution in [0.3, 0.4) is 0 Å². The van der Waals surface area contributed by atoms with E-state index in [9.17, 15) is 4.79 Å². The van der Waals surface area contributed by atoms with Crippen LogP contribution in [0.4, 0.5) is 0 Å². The largest absolute Gasteiger partial charge is 0.361 e. The minimum absolute atomic E-state index is 0.0232. The maximum atomic E-state index is 12.1. The molecule has 1 amide bonds. The molecule has 16 heavy (non-hydrogen) atoms. The molecule has 2 unspecified atom stereocenters. The molecule has 1 saturated heterocycles. The van der Waals surface area contributed by atoms with E-state index in [0.717, 1.165) is 19.5 Å². The van der Waals surface area contributed by atoms with Crippen molar-refractivity contribution in [3.63, 3.8) is 0 Å². The number of likely N-dealkylation sites (tertiary alicyclic amines) is 1. The Kier molecular flexibility index (Phi) is 3.33. The topological polar surface area (TPSA) is 46.3 Å². The first-order valence-corrected chi connectivity index (χ1v) is 6.35. The number of rotatable bonds is 1. The van der Waals surface area contributed by atoms with Crippen LogP contribution in [0.25, 0.3) is 0 Å². The number of nitrogens with zero attached hydrogens (tertiary/aromatic N) is 2. The van der Waals surface area contributed by atoms with E-state index in [1.807, 2.05) is 4.90 Å². The van der Waals surface area contributed by atoms with Crippen LogP contribution in [0.1, 0.15) is 29.5 Å². The highest BCUT2D eigenvalue weighted by Crippen LogP contribution is 2.24. The highest BCUT2D eigenvalue weighted by atomic mass is 79.9. The molecular formula is C11H15BrN2O2. The number of hydrogen-bond acceptors (Lipinski definition) is 3. The van der Waals surface area contributed by atoms with Crippen molar-refractivity contribution in [2.45, 2.75) is 25.1 Å². The summed E-state index contributed by atoms with van der Waals surface area (Å²) in [6, 6.07) is 0. The molecule has 1 aromatic rings. The van der Waals surface area contributed by atoms with E-state index in [1.54, 1.807) is 6.92 Å². The Morgan fingerprint density at radius 3 is 3.00 bits per heavy atom.